The Balaban J connectivity index is 1.50. The van der Waals surface area contributed by atoms with Crippen LogP contribution in [0.2, 0.25) is 0 Å². The van der Waals surface area contributed by atoms with E-state index in [0.29, 0.717) is 17.3 Å². The lowest BCUT2D eigenvalue weighted by Crippen LogP contribution is -2.21. The van der Waals surface area contributed by atoms with E-state index in [2.05, 4.69) is 20.9 Å². The number of rotatable bonds is 6. The molecule has 0 fully saturated rings. The number of aromatic hydroxyl groups is 1. The van der Waals surface area contributed by atoms with E-state index in [4.69, 9.17) is 9.84 Å². The van der Waals surface area contributed by atoms with Crippen molar-refractivity contribution in [1.29, 1.82) is 0 Å². The molecule has 0 aliphatic carbocycles. The number of anilines is 2. The number of nitrogens with zero attached hydrogens (tertiary/aromatic N) is 3. The topological polar surface area (TPSA) is 130 Å². The first-order chi connectivity index (χ1) is 18.0. The number of carbonyl (C=O) groups is 2. The first-order valence-corrected chi connectivity index (χ1v) is 12.0. The largest absolute Gasteiger partial charge is 0.506 e. The van der Waals surface area contributed by atoms with E-state index in [1.54, 1.807) is 16.8 Å². The molecular formula is C28H30N6O4. The number of phenolic OH excluding ortho intramolecular Hbond substituents is 1. The molecule has 0 unspecified atom stereocenters. The number of hydrogen-bond acceptors (Lipinski definition) is 6. The van der Waals surface area contributed by atoms with Crippen molar-refractivity contribution in [3.63, 3.8) is 0 Å². The Morgan fingerprint density at radius 2 is 1.74 bits per heavy atom. The second-order valence-electron chi connectivity index (χ2n) is 9.73. The lowest BCUT2D eigenvalue weighted by atomic mass is 9.92. The van der Waals surface area contributed by atoms with Gasteiger partial charge in [-0.3, -0.25) is 15.1 Å². The minimum Gasteiger partial charge on any atom is -0.506 e. The van der Waals surface area contributed by atoms with Crippen LogP contribution in [0.3, 0.4) is 0 Å². The number of phenols is 1. The van der Waals surface area contributed by atoms with Gasteiger partial charge < -0.3 is 20.5 Å². The van der Waals surface area contributed by atoms with E-state index < -0.39 is 6.03 Å². The molecule has 0 saturated carbocycles. The Labute approximate surface area is 220 Å². The van der Waals surface area contributed by atoms with Gasteiger partial charge in [-0.15, -0.1) is 0 Å². The molecule has 4 rings (SSSR count). The van der Waals surface area contributed by atoms with Crippen LogP contribution >= 0.6 is 0 Å². The fraction of sp³-hybridized carbons (Fsp3) is 0.214. The summed E-state index contributed by atoms with van der Waals surface area (Å²) in [6.07, 6.45) is 1.45. The number of hydrogen-bond donors (Lipinski definition) is 4. The molecule has 4 aromatic rings. The van der Waals surface area contributed by atoms with Gasteiger partial charge >= 0.3 is 6.03 Å². The molecule has 2 aromatic heterocycles. The monoisotopic (exact) mass is 514 g/mol. The SMILES string of the molecule is CNC(=O)c1cc(Oc2ccc(NC(=O)Nc3cc(C(C)(C)C)nn3-c3cccc(C)c3)c(O)c2)ccn1. The average Bonchev–Trinajstić information content (AvgIpc) is 3.30. The van der Waals surface area contributed by atoms with Crippen LogP contribution in [0.5, 0.6) is 17.2 Å². The van der Waals surface area contributed by atoms with E-state index >= 15 is 0 Å². The van der Waals surface area contributed by atoms with E-state index in [0.717, 1.165) is 16.9 Å². The average molecular weight is 515 g/mol. The summed E-state index contributed by atoms with van der Waals surface area (Å²) in [6.45, 7) is 8.13. The highest BCUT2D eigenvalue weighted by molar-refractivity contribution is 6.00. The summed E-state index contributed by atoms with van der Waals surface area (Å²) in [4.78, 5) is 28.7. The molecule has 4 N–H and O–H groups in total. The molecule has 10 heteroatoms. The number of aryl methyl sites for hydroxylation is 1. The number of pyridine rings is 1. The van der Waals surface area contributed by atoms with Gasteiger partial charge in [-0.2, -0.15) is 5.10 Å². The first kappa shape index (κ1) is 26.2. The zero-order valence-electron chi connectivity index (χ0n) is 21.9. The summed E-state index contributed by atoms with van der Waals surface area (Å²) in [5, 5.41) is 23.2. The van der Waals surface area contributed by atoms with E-state index in [1.807, 2.05) is 58.0 Å². The number of amides is 3. The smallest absolute Gasteiger partial charge is 0.324 e. The third-order valence-electron chi connectivity index (χ3n) is 5.61. The lowest BCUT2D eigenvalue weighted by Gasteiger charge is -2.14. The van der Waals surface area contributed by atoms with E-state index in [9.17, 15) is 14.7 Å². The molecule has 0 saturated heterocycles. The van der Waals surface area contributed by atoms with Crippen molar-refractivity contribution in [2.45, 2.75) is 33.1 Å². The maximum absolute atomic E-state index is 12.9. The predicted octanol–water partition coefficient (Wildman–Crippen LogP) is 5.37. The summed E-state index contributed by atoms with van der Waals surface area (Å²) >= 11 is 0. The fourth-order valence-electron chi connectivity index (χ4n) is 3.61. The number of carbonyl (C=O) groups excluding carboxylic acids is 2. The van der Waals surface area contributed by atoms with Crippen LogP contribution < -0.4 is 20.7 Å². The van der Waals surface area contributed by atoms with Gasteiger partial charge in [-0.05, 0) is 42.8 Å². The van der Waals surface area contributed by atoms with Gasteiger partial charge in [0.25, 0.3) is 5.91 Å². The highest BCUT2D eigenvalue weighted by atomic mass is 16.5. The van der Waals surface area contributed by atoms with Crippen LogP contribution in [0.15, 0.2) is 66.9 Å². The zero-order chi connectivity index (χ0) is 27.4. The molecule has 0 atom stereocenters. The van der Waals surface area contributed by atoms with Gasteiger partial charge in [0.2, 0.25) is 0 Å². The van der Waals surface area contributed by atoms with Gasteiger partial charge in [0.05, 0.1) is 17.1 Å². The first-order valence-electron chi connectivity index (χ1n) is 12.0. The molecule has 3 amide bonds. The summed E-state index contributed by atoms with van der Waals surface area (Å²) < 4.78 is 7.43. The molecule has 2 heterocycles. The van der Waals surface area contributed by atoms with Crippen molar-refractivity contribution < 1.29 is 19.4 Å². The predicted molar refractivity (Wildman–Crippen MR) is 145 cm³/mol. The molecule has 0 spiro atoms. The molecule has 38 heavy (non-hydrogen) atoms. The van der Waals surface area contributed by atoms with Gasteiger partial charge in [0.15, 0.2) is 0 Å². The van der Waals surface area contributed by atoms with Crippen LogP contribution in [0, 0.1) is 6.92 Å². The second-order valence-corrected chi connectivity index (χ2v) is 9.73. The second kappa shape index (κ2) is 10.6. The van der Waals surface area contributed by atoms with Gasteiger partial charge in [0, 0.05) is 36.9 Å². The van der Waals surface area contributed by atoms with Crippen molar-refractivity contribution in [2.24, 2.45) is 0 Å². The summed E-state index contributed by atoms with van der Waals surface area (Å²) in [7, 11) is 1.51. The summed E-state index contributed by atoms with van der Waals surface area (Å²) in [5.74, 6) is 0.635. The van der Waals surface area contributed by atoms with Crippen molar-refractivity contribution in [1.82, 2.24) is 20.1 Å². The molecular weight excluding hydrogens is 484 g/mol. The third kappa shape index (κ3) is 6.09. The Kier molecular flexibility index (Phi) is 7.33. The normalized spacial score (nSPS) is 11.1. The Morgan fingerprint density at radius 1 is 0.974 bits per heavy atom. The van der Waals surface area contributed by atoms with Crippen LogP contribution in [-0.2, 0) is 5.41 Å². The summed E-state index contributed by atoms with van der Waals surface area (Å²) in [6, 6.07) is 16.6. The number of nitrogens with one attached hydrogen (secondary N) is 3. The molecule has 0 radical (unpaired) electrons. The van der Waals surface area contributed by atoms with E-state index in [1.165, 1.54) is 31.4 Å². The van der Waals surface area contributed by atoms with Crippen molar-refractivity contribution in [3.8, 4) is 22.9 Å². The maximum atomic E-state index is 12.9. The molecule has 2 aromatic carbocycles. The quantitative estimate of drug-likeness (QED) is 0.256. The van der Waals surface area contributed by atoms with Crippen molar-refractivity contribution in [3.05, 3.63) is 83.8 Å². The number of ether oxygens (including phenoxy) is 1. The van der Waals surface area contributed by atoms with Crippen LogP contribution in [-0.4, -0.2) is 38.9 Å². The zero-order valence-corrected chi connectivity index (χ0v) is 21.9. The molecule has 0 bridgehead atoms. The van der Waals surface area contributed by atoms with Crippen LogP contribution in [0.25, 0.3) is 5.69 Å². The number of benzene rings is 2. The minimum absolute atomic E-state index is 0.188. The fourth-order valence-corrected chi connectivity index (χ4v) is 3.61. The van der Waals surface area contributed by atoms with Gasteiger partial charge in [0.1, 0.15) is 28.8 Å². The Bertz CT molecular complexity index is 1490. The number of urea groups is 1. The van der Waals surface area contributed by atoms with Gasteiger partial charge in [-0.1, -0.05) is 32.9 Å². The van der Waals surface area contributed by atoms with Crippen molar-refractivity contribution in [2.75, 3.05) is 17.7 Å². The standard InChI is InChI=1S/C28H30N6O4/c1-17-7-6-8-18(13-17)34-25(16-24(33-34)28(2,3)4)32-27(37)31-21-10-9-19(15-23(21)35)38-20-11-12-30-22(14-20)26(36)29-5/h6-16,35H,1-5H3,(H,29,36)(H2,31,32,37). The lowest BCUT2D eigenvalue weighted by molar-refractivity contribution is 0.0957. The van der Waals surface area contributed by atoms with E-state index in [-0.39, 0.29) is 28.5 Å². The minimum atomic E-state index is -0.549. The third-order valence-corrected chi connectivity index (χ3v) is 5.61. The molecule has 196 valence electrons. The highest BCUT2D eigenvalue weighted by Gasteiger charge is 2.22. The Morgan fingerprint density at radius 3 is 2.42 bits per heavy atom. The van der Waals surface area contributed by atoms with Crippen molar-refractivity contribution >= 4 is 23.4 Å². The number of aromatic nitrogens is 3. The summed E-state index contributed by atoms with van der Waals surface area (Å²) in [5.41, 5.74) is 2.85. The van der Waals surface area contributed by atoms with Crippen LogP contribution in [0.1, 0.15) is 42.5 Å². The van der Waals surface area contributed by atoms with Crippen LogP contribution in [0.4, 0.5) is 16.3 Å². The maximum Gasteiger partial charge on any atom is 0.324 e. The molecule has 0 aliphatic heterocycles. The molecule has 10 nitrogen and oxygen atoms in total. The highest BCUT2D eigenvalue weighted by Crippen LogP contribution is 2.32. The van der Waals surface area contributed by atoms with Gasteiger partial charge in [-0.25, -0.2) is 9.48 Å². The molecule has 0 aliphatic rings. The Hall–Kier alpha value is -4.86.